The summed E-state index contributed by atoms with van der Waals surface area (Å²) in [6, 6.07) is 22.1. The van der Waals surface area contributed by atoms with Crippen LogP contribution in [-0.2, 0) is 12.8 Å². The Balaban J connectivity index is 0.00000180. The summed E-state index contributed by atoms with van der Waals surface area (Å²) in [6.45, 7) is 3.47. The molecule has 0 fully saturated rings. The van der Waals surface area contributed by atoms with Crippen LogP contribution in [0.2, 0.25) is 0 Å². The lowest BCUT2D eigenvalue weighted by molar-refractivity contribution is -0.685. The molecular weight excluding hydrogens is 254 g/mol. The Labute approximate surface area is 122 Å². The second kappa shape index (κ2) is 8.73. The van der Waals surface area contributed by atoms with E-state index in [2.05, 4.69) is 72.9 Å². The molecule has 0 aliphatic rings. The van der Waals surface area contributed by atoms with Crippen molar-refractivity contribution < 1.29 is 17.7 Å². The number of hydrogen-bond acceptors (Lipinski definition) is 0. The number of quaternary nitrogens is 1. The minimum absolute atomic E-state index is 0. The van der Waals surface area contributed by atoms with Gasteiger partial charge in [-0.2, -0.15) is 0 Å². The summed E-state index contributed by atoms with van der Waals surface area (Å²) in [5, 5.41) is 2.44. The van der Waals surface area contributed by atoms with Gasteiger partial charge >= 0.3 is 0 Å². The summed E-state index contributed by atoms with van der Waals surface area (Å²) in [5.74, 6) is 0. The van der Waals surface area contributed by atoms with Gasteiger partial charge in [-0.05, 0) is 18.1 Å². The number of rotatable bonds is 6. The summed E-state index contributed by atoms with van der Waals surface area (Å²) in [7, 11) is 0. The van der Waals surface area contributed by atoms with Gasteiger partial charge in [0.25, 0.3) is 0 Å². The van der Waals surface area contributed by atoms with Gasteiger partial charge < -0.3 is 17.7 Å². The molecule has 0 amide bonds. The molecule has 1 nitrogen and oxygen atoms in total. The van der Waals surface area contributed by atoms with Crippen molar-refractivity contribution in [2.45, 2.75) is 25.8 Å². The average Bonchev–Trinajstić information content (AvgIpc) is 2.41. The van der Waals surface area contributed by atoms with Crippen LogP contribution in [0.4, 0.5) is 0 Å². The fourth-order valence-corrected chi connectivity index (χ4v) is 2.25. The normalized spacial score (nSPS) is 11.6. The van der Waals surface area contributed by atoms with Crippen LogP contribution in [0.5, 0.6) is 0 Å². The van der Waals surface area contributed by atoms with Crippen LogP contribution in [0.25, 0.3) is 0 Å². The quantitative estimate of drug-likeness (QED) is 0.727. The van der Waals surface area contributed by atoms with Crippen molar-refractivity contribution in [2.24, 2.45) is 0 Å². The van der Waals surface area contributed by atoms with E-state index < -0.39 is 0 Å². The number of halogens is 1. The molecule has 0 radical (unpaired) electrons. The third-order valence-electron chi connectivity index (χ3n) is 3.25. The SMILES string of the molecule is CC(Cc1ccccc1)[NH2+]CCc1ccccc1.[Cl-]. The molecule has 0 saturated heterocycles. The third-order valence-corrected chi connectivity index (χ3v) is 3.25. The van der Waals surface area contributed by atoms with Crippen molar-refractivity contribution in [3.63, 3.8) is 0 Å². The molecule has 0 heterocycles. The second-order valence-electron chi connectivity index (χ2n) is 4.93. The number of benzene rings is 2. The van der Waals surface area contributed by atoms with E-state index in [1.165, 1.54) is 11.1 Å². The molecule has 1 atom stereocenters. The molecule has 2 aromatic carbocycles. The van der Waals surface area contributed by atoms with Gasteiger partial charge in [-0.15, -0.1) is 0 Å². The van der Waals surface area contributed by atoms with Crippen LogP contribution in [0.1, 0.15) is 18.1 Å². The summed E-state index contributed by atoms with van der Waals surface area (Å²) in [6.07, 6.45) is 2.30. The van der Waals surface area contributed by atoms with Gasteiger partial charge in [0.05, 0.1) is 12.6 Å². The zero-order chi connectivity index (χ0) is 12.6. The van der Waals surface area contributed by atoms with E-state index >= 15 is 0 Å². The molecule has 0 spiro atoms. The Kier molecular flexibility index (Phi) is 7.24. The van der Waals surface area contributed by atoms with Gasteiger partial charge in [-0.25, -0.2) is 0 Å². The zero-order valence-electron chi connectivity index (χ0n) is 11.4. The molecule has 2 aromatic rings. The van der Waals surface area contributed by atoms with Crippen LogP contribution >= 0.6 is 0 Å². The molecule has 1 unspecified atom stereocenters. The summed E-state index contributed by atoms with van der Waals surface area (Å²) >= 11 is 0. The van der Waals surface area contributed by atoms with Gasteiger partial charge in [0.2, 0.25) is 0 Å². The first kappa shape index (κ1) is 15.7. The van der Waals surface area contributed by atoms with E-state index in [9.17, 15) is 0 Å². The molecule has 19 heavy (non-hydrogen) atoms. The van der Waals surface area contributed by atoms with Crippen LogP contribution in [0, 0.1) is 0 Å². The molecule has 0 bridgehead atoms. The van der Waals surface area contributed by atoms with Crippen molar-refractivity contribution in [3.8, 4) is 0 Å². The summed E-state index contributed by atoms with van der Waals surface area (Å²) < 4.78 is 0. The van der Waals surface area contributed by atoms with Crippen molar-refractivity contribution in [2.75, 3.05) is 6.54 Å². The lowest BCUT2D eigenvalue weighted by atomic mass is 10.1. The van der Waals surface area contributed by atoms with E-state index in [0.29, 0.717) is 6.04 Å². The first-order valence-electron chi connectivity index (χ1n) is 6.76. The fourth-order valence-electron chi connectivity index (χ4n) is 2.25. The maximum Gasteiger partial charge on any atom is 0.0871 e. The Morgan fingerprint density at radius 2 is 1.37 bits per heavy atom. The largest absolute Gasteiger partial charge is 1.00 e. The first-order valence-corrected chi connectivity index (χ1v) is 6.76. The molecule has 2 rings (SSSR count). The Morgan fingerprint density at radius 1 is 0.842 bits per heavy atom. The average molecular weight is 276 g/mol. The Hall–Kier alpha value is -1.31. The highest BCUT2D eigenvalue weighted by Crippen LogP contribution is 2.01. The van der Waals surface area contributed by atoms with Crippen LogP contribution in [-0.4, -0.2) is 12.6 Å². The third kappa shape index (κ3) is 5.91. The zero-order valence-corrected chi connectivity index (χ0v) is 12.2. The van der Waals surface area contributed by atoms with E-state index in [-0.39, 0.29) is 12.4 Å². The van der Waals surface area contributed by atoms with E-state index in [4.69, 9.17) is 0 Å². The topological polar surface area (TPSA) is 16.6 Å². The molecule has 0 aromatic heterocycles. The minimum Gasteiger partial charge on any atom is -1.00 e. The van der Waals surface area contributed by atoms with Crippen molar-refractivity contribution in [3.05, 3.63) is 71.8 Å². The van der Waals surface area contributed by atoms with E-state index in [0.717, 1.165) is 19.4 Å². The van der Waals surface area contributed by atoms with Gasteiger partial charge in [0.1, 0.15) is 0 Å². The lowest BCUT2D eigenvalue weighted by Gasteiger charge is -2.10. The maximum absolute atomic E-state index is 2.44. The van der Waals surface area contributed by atoms with E-state index in [1.54, 1.807) is 0 Å². The number of nitrogens with two attached hydrogens (primary N) is 1. The summed E-state index contributed by atoms with van der Waals surface area (Å²) in [5.41, 5.74) is 2.86. The van der Waals surface area contributed by atoms with Gasteiger partial charge in [0.15, 0.2) is 0 Å². The first-order chi connectivity index (χ1) is 8.84. The second-order valence-corrected chi connectivity index (χ2v) is 4.93. The van der Waals surface area contributed by atoms with Crippen molar-refractivity contribution >= 4 is 0 Å². The van der Waals surface area contributed by atoms with Gasteiger partial charge in [-0.1, -0.05) is 60.7 Å². The molecule has 0 saturated carbocycles. The lowest BCUT2D eigenvalue weighted by Crippen LogP contribution is -3.00. The molecule has 0 aliphatic carbocycles. The molecule has 102 valence electrons. The maximum atomic E-state index is 2.44. The fraction of sp³-hybridized carbons (Fsp3) is 0.294. The Bertz CT molecular complexity index is 441. The molecule has 2 heteroatoms. The van der Waals surface area contributed by atoms with Gasteiger partial charge in [-0.3, -0.25) is 0 Å². The monoisotopic (exact) mass is 275 g/mol. The van der Waals surface area contributed by atoms with Crippen LogP contribution < -0.4 is 17.7 Å². The molecule has 2 N–H and O–H groups in total. The van der Waals surface area contributed by atoms with E-state index in [1.807, 2.05) is 0 Å². The molecular formula is C17H22ClN. The summed E-state index contributed by atoms with van der Waals surface area (Å²) in [4.78, 5) is 0. The van der Waals surface area contributed by atoms with Crippen LogP contribution in [0.3, 0.4) is 0 Å². The van der Waals surface area contributed by atoms with Gasteiger partial charge in [0, 0.05) is 12.8 Å². The predicted molar refractivity (Wildman–Crippen MR) is 76.5 cm³/mol. The standard InChI is InChI=1S/C17H21N.ClH/c1-15(14-17-10-6-3-7-11-17)18-13-12-16-8-4-2-5-9-16;/h2-11,15,18H,12-14H2,1H3;1H. The minimum atomic E-state index is 0. The Morgan fingerprint density at radius 3 is 1.95 bits per heavy atom. The molecule has 0 aliphatic heterocycles. The van der Waals surface area contributed by atoms with Crippen LogP contribution in [0.15, 0.2) is 60.7 Å². The smallest absolute Gasteiger partial charge is 0.0871 e. The van der Waals surface area contributed by atoms with Crippen molar-refractivity contribution in [1.29, 1.82) is 0 Å². The highest BCUT2D eigenvalue weighted by Gasteiger charge is 2.05. The highest BCUT2D eigenvalue weighted by molar-refractivity contribution is 5.15. The predicted octanol–water partition coefficient (Wildman–Crippen LogP) is -0.572. The number of hydrogen-bond donors (Lipinski definition) is 1. The van der Waals surface area contributed by atoms with Crippen molar-refractivity contribution in [1.82, 2.24) is 0 Å². The highest BCUT2D eigenvalue weighted by atomic mass is 35.5.